The molecule has 0 bridgehead atoms. The number of carboxylic acids is 1. The molecule has 0 aromatic rings. The summed E-state index contributed by atoms with van der Waals surface area (Å²) in [5.74, 6) is -1.15. The molecule has 0 aliphatic heterocycles. The number of nitrogens with one attached hydrogen (secondary N) is 2. The van der Waals surface area contributed by atoms with Crippen LogP contribution in [0, 0.1) is 0 Å². The topological polar surface area (TPSA) is 102 Å². The molecule has 0 rings (SSSR count). The highest BCUT2D eigenvalue weighted by Crippen LogP contribution is 1.91. The van der Waals surface area contributed by atoms with Crippen LogP contribution in [0.25, 0.3) is 0 Å². The van der Waals surface area contributed by atoms with E-state index in [-0.39, 0.29) is 13.0 Å². The number of hydrogen-bond acceptors (Lipinski definition) is 4. The lowest BCUT2D eigenvalue weighted by Gasteiger charge is -2.14. The van der Waals surface area contributed by atoms with E-state index in [0.29, 0.717) is 6.54 Å². The zero-order chi connectivity index (χ0) is 13.3. The Morgan fingerprint density at radius 3 is 2.47 bits per heavy atom. The molecule has 7 nitrogen and oxygen atoms in total. The molecule has 1 unspecified atom stereocenters. The molecule has 17 heavy (non-hydrogen) atoms. The highest BCUT2D eigenvalue weighted by atomic mass is 16.4. The number of aliphatic hydroxyl groups excluding tert-OH is 1. The SMILES string of the molecule is CN(C)CCCNC(=O)NC(CCO)C(=O)O. The lowest BCUT2D eigenvalue weighted by Crippen LogP contribution is -2.46. The van der Waals surface area contributed by atoms with Gasteiger partial charge in [0.15, 0.2) is 0 Å². The number of aliphatic carboxylic acids is 1. The summed E-state index contributed by atoms with van der Waals surface area (Å²) < 4.78 is 0. The van der Waals surface area contributed by atoms with Crippen LogP contribution in [-0.2, 0) is 4.79 Å². The minimum absolute atomic E-state index is 0.000448. The van der Waals surface area contributed by atoms with Crippen molar-refractivity contribution in [3.8, 4) is 0 Å². The van der Waals surface area contributed by atoms with Crippen LogP contribution >= 0.6 is 0 Å². The average Bonchev–Trinajstić information content (AvgIpc) is 2.23. The number of rotatable bonds is 8. The van der Waals surface area contributed by atoms with Gasteiger partial charge in [0.2, 0.25) is 0 Å². The molecule has 2 amide bonds. The van der Waals surface area contributed by atoms with Crippen molar-refractivity contribution >= 4 is 12.0 Å². The van der Waals surface area contributed by atoms with Gasteiger partial charge in [-0.1, -0.05) is 0 Å². The van der Waals surface area contributed by atoms with E-state index >= 15 is 0 Å². The second-order valence-corrected chi connectivity index (χ2v) is 3.96. The molecular weight excluding hydrogens is 226 g/mol. The molecule has 0 aromatic carbocycles. The third-order valence-corrected chi connectivity index (χ3v) is 2.09. The normalized spacial score (nSPS) is 12.2. The molecule has 1 atom stereocenters. The summed E-state index contributed by atoms with van der Waals surface area (Å²) in [6.07, 6.45) is 0.790. The van der Waals surface area contributed by atoms with Crippen molar-refractivity contribution in [3.05, 3.63) is 0 Å². The number of amides is 2. The molecule has 0 aromatic heterocycles. The van der Waals surface area contributed by atoms with E-state index in [2.05, 4.69) is 10.6 Å². The van der Waals surface area contributed by atoms with Crippen LogP contribution in [0.4, 0.5) is 4.79 Å². The Morgan fingerprint density at radius 2 is 2.00 bits per heavy atom. The molecular formula is C10H21N3O4. The molecule has 0 aliphatic carbocycles. The number of carboxylic acid groups (broad SMARTS) is 1. The Hall–Kier alpha value is -1.34. The Bertz CT molecular complexity index is 246. The molecule has 100 valence electrons. The summed E-state index contributed by atoms with van der Waals surface area (Å²) in [5.41, 5.74) is 0. The van der Waals surface area contributed by atoms with Gasteiger partial charge in [0.05, 0.1) is 0 Å². The first kappa shape index (κ1) is 15.7. The average molecular weight is 247 g/mol. The number of carbonyl (C=O) groups is 2. The van der Waals surface area contributed by atoms with Gasteiger partial charge >= 0.3 is 12.0 Å². The Kier molecular flexibility index (Phi) is 8.08. The van der Waals surface area contributed by atoms with Crippen molar-refractivity contribution in [2.45, 2.75) is 18.9 Å². The second-order valence-electron chi connectivity index (χ2n) is 3.96. The molecule has 0 aliphatic rings. The molecule has 0 saturated carbocycles. The van der Waals surface area contributed by atoms with Crippen LogP contribution in [0.15, 0.2) is 0 Å². The summed E-state index contributed by atoms with van der Waals surface area (Å²) >= 11 is 0. The highest BCUT2D eigenvalue weighted by molar-refractivity contribution is 5.82. The number of aliphatic hydroxyl groups is 1. The summed E-state index contributed by atoms with van der Waals surface area (Å²) in [6, 6.07) is -1.57. The van der Waals surface area contributed by atoms with Crippen LogP contribution in [0.3, 0.4) is 0 Å². The number of hydrogen-bond donors (Lipinski definition) is 4. The van der Waals surface area contributed by atoms with Gasteiger partial charge < -0.3 is 25.7 Å². The molecule has 0 saturated heterocycles. The third-order valence-electron chi connectivity index (χ3n) is 2.09. The van der Waals surface area contributed by atoms with Gasteiger partial charge in [0.1, 0.15) is 6.04 Å². The van der Waals surface area contributed by atoms with Crippen molar-refractivity contribution in [1.82, 2.24) is 15.5 Å². The maximum absolute atomic E-state index is 11.3. The van der Waals surface area contributed by atoms with Crippen LogP contribution in [0.2, 0.25) is 0 Å². The standard InChI is InChI=1S/C10H21N3O4/c1-13(2)6-3-5-11-10(17)12-8(4-7-14)9(15)16/h8,14H,3-7H2,1-2H3,(H,15,16)(H2,11,12,17). The van der Waals surface area contributed by atoms with Gasteiger partial charge in [-0.25, -0.2) is 9.59 Å². The van der Waals surface area contributed by atoms with E-state index in [4.69, 9.17) is 10.2 Å². The Morgan fingerprint density at radius 1 is 1.35 bits per heavy atom. The van der Waals surface area contributed by atoms with Gasteiger partial charge in [0.25, 0.3) is 0 Å². The van der Waals surface area contributed by atoms with E-state index in [9.17, 15) is 9.59 Å². The number of urea groups is 1. The predicted molar refractivity (Wildman–Crippen MR) is 62.8 cm³/mol. The van der Waals surface area contributed by atoms with E-state index in [1.165, 1.54) is 0 Å². The summed E-state index contributed by atoms with van der Waals surface area (Å²) in [5, 5.41) is 22.2. The quantitative estimate of drug-likeness (QED) is 0.415. The first-order valence-corrected chi connectivity index (χ1v) is 5.50. The Balaban J connectivity index is 3.78. The number of carbonyl (C=O) groups excluding carboxylic acids is 1. The maximum atomic E-state index is 11.3. The van der Waals surface area contributed by atoms with Gasteiger partial charge in [0, 0.05) is 19.6 Å². The fourth-order valence-electron chi connectivity index (χ4n) is 1.19. The summed E-state index contributed by atoms with van der Waals surface area (Å²) in [7, 11) is 3.86. The molecule has 0 fully saturated rings. The monoisotopic (exact) mass is 247 g/mol. The van der Waals surface area contributed by atoms with Crippen LogP contribution in [0.1, 0.15) is 12.8 Å². The Labute approximate surface area is 101 Å². The van der Waals surface area contributed by atoms with E-state index in [1.54, 1.807) is 0 Å². The number of nitrogens with zero attached hydrogens (tertiary/aromatic N) is 1. The van der Waals surface area contributed by atoms with Crippen molar-refractivity contribution in [2.75, 3.05) is 33.8 Å². The zero-order valence-corrected chi connectivity index (χ0v) is 10.3. The van der Waals surface area contributed by atoms with E-state index < -0.39 is 18.0 Å². The third kappa shape index (κ3) is 8.47. The van der Waals surface area contributed by atoms with Crippen LogP contribution < -0.4 is 10.6 Å². The highest BCUT2D eigenvalue weighted by Gasteiger charge is 2.18. The fourth-order valence-corrected chi connectivity index (χ4v) is 1.19. The second kappa shape index (κ2) is 8.77. The molecule has 0 heterocycles. The van der Waals surface area contributed by atoms with Gasteiger partial charge in [-0.3, -0.25) is 0 Å². The molecule has 0 radical (unpaired) electrons. The van der Waals surface area contributed by atoms with Crippen molar-refractivity contribution < 1.29 is 19.8 Å². The fraction of sp³-hybridized carbons (Fsp3) is 0.800. The predicted octanol–water partition coefficient (Wildman–Crippen LogP) is -0.927. The van der Waals surface area contributed by atoms with Crippen molar-refractivity contribution in [3.63, 3.8) is 0 Å². The van der Waals surface area contributed by atoms with Crippen LogP contribution in [-0.4, -0.2) is 66.9 Å². The lowest BCUT2D eigenvalue weighted by molar-refractivity contribution is -0.139. The van der Waals surface area contributed by atoms with E-state index in [0.717, 1.165) is 13.0 Å². The van der Waals surface area contributed by atoms with Crippen LogP contribution in [0.5, 0.6) is 0 Å². The van der Waals surface area contributed by atoms with Gasteiger partial charge in [-0.15, -0.1) is 0 Å². The largest absolute Gasteiger partial charge is 0.480 e. The summed E-state index contributed by atoms with van der Waals surface area (Å²) in [4.78, 5) is 24.0. The van der Waals surface area contributed by atoms with E-state index in [1.807, 2.05) is 19.0 Å². The van der Waals surface area contributed by atoms with Crippen molar-refractivity contribution in [2.24, 2.45) is 0 Å². The molecule has 4 N–H and O–H groups in total. The van der Waals surface area contributed by atoms with Crippen molar-refractivity contribution in [1.29, 1.82) is 0 Å². The van der Waals surface area contributed by atoms with Gasteiger partial charge in [-0.2, -0.15) is 0 Å². The smallest absolute Gasteiger partial charge is 0.326 e. The molecule has 7 heteroatoms. The first-order valence-electron chi connectivity index (χ1n) is 5.50. The molecule has 0 spiro atoms. The lowest BCUT2D eigenvalue weighted by atomic mass is 10.2. The minimum Gasteiger partial charge on any atom is -0.480 e. The van der Waals surface area contributed by atoms with Gasteiger partial charge in [-0.05, 0) is 27.1 Å². The zero-order valence-electron chi connectivity index (χ0n) is 10.3. The minimum atomic E-state index is -1.15. The first-order chi connectivity index (χ1) is 7.97. The summed E-state index contributed by atoms with van der Waals surface area (Å²) in [6.45, 7) is 1.05. The maximum Gasteiger partial charge on any atom is 0.326 e.